The van der Waals surface area contributed by atoms with Crippen molar-refractivity contribution in [2.24, 2.45) is 11.8 Å². The molecule has 0 amide bonds. The first-order valence-electron chi connectivity index (χ1n) is 4.20. The number of rotatable bonds is 4. The van der Waals surface area contributed by atoms with Crippen molar-refractivity contribution in [2.75, 3.05) is 0 Å². The SMILES string of the molecule is C/C=C/C(CC(C)=O)C(C)C. The maximum absolute atomic E-state index is 10.8. The van der Waals surface area contributed by atoms with Crippen molar-refractivity contribution in [1.82, 2.24) is 0 Å². The van der Waals surface area contributed by atoms with Gasteiger partial charge in [-0.1, -0.05) is 26.0 Å². The lowest BCUT2D eigenvalue weighted by Gasteiger charge is -2.14. The van der Waals surface area contributed by atoms with Crippen LogP contribution in [0.4, 0.5) is 0 Å². The number of ketones is 1. The van der Waals surface area contributed by atoms with Gasteiger partial charge in [0.25, 0.3) is 0 Å². The maximum Gasteiger partial charge on any atom is 0.130 e. The Balaban J connectivity index is 4.00. The molecule has 0 saturated heterocycles. The van der Waals surface area contributed by atoms with Crippen molar-refractivity contribution in [1.29, 1.82) is 0 Å². The Labute approximate surface area is 69.5 Å². The van der Waals surface area contributed by atoms with E-state index in [1.165, 1.54) is 0 Å². The molecule has 0 aliphatic heterocycles. The Kier molecular flexibility index (Phi) is 4.84. The summed E-state index contributed by atoms with van der Waals surface area (Å²) in [5.41, 5.74) is 0. The molecule has 0 heterocycles. The van der Waals surface area contributed by atoms with Gasteiger partial charge >= 0.3 is 0 Å². The zero-order valence-electron chi connectivity index (χ0n) is 7.92. The smallest absolute Gasteiger partial charge is 0.130 e. The second-order valence-electron chi connectivity index (χ2n) is 3.34. The van der Waals surface area contributed by atoms with E-state index in [1.54, 1.807) is 6.92 Å². The molecule has 0 N–H and O–H groups in total. The van der Waals surface area contributed by atoms with Crippen molar-refractivity contribution in [3.8, 4) is 0 Å². The quantitative estimate of drug-likeness (QED) is 0.569. The zero-order chi connectivity index (χ0) is 8.85. The van der Waals surface area contributed by atoms with Gasteiger partial charge in [-0.15, -0.1) is 0 Å². The number of hydrogen-bond donors (Lipinski definition) is 0. The molecule has 0 fully saturated rings. The normalized spacial score (nSPS) is 14.3. The second kappa shape index (κ2) is 5.11. The molecule has 1 unspecified atom stereocenters. The topological polar surface area (TPSA) is 17.1 Å². The molecule has 0 spiro atoms. The first kappa shape index (κ1) is 10.4. The molecule has 1 atom stereocenters. The van der Waals surface area contributed by atoms with Crippen LogP contribution < -0.4 is 0 Å². The molecular weight excluding hydrogens is 136 g/mol. The molecule has 0 radical (unpaired) electrons. The molecule has 0 aliphatic carbocycles. The second-order valence-corrected chi connectivity index (χ2v) is 3.34. The third-order valence-corrected chi connectivity index (χ3v) is 1.82. The minimum atomic E-state index is 0.279. The molecule has 0 aromatic heterocycles. The number of allylic oxidation sites excluding steroid dienone is 2. The van der Waals surface area contributed by atoms with E-state index in [9.17, 15) is 4.79 Å². The van der Waals surface area contributed by atoms with Crippen molar-refractivity contribution in [3.05, 3.63) is 12.2 Å². The highest BCUT2D eigenvalue weighted by molar-refractivity contribution is 5.75. The highest BCUT2D eigenvalue weighted by Crippen LogP contribution is 2.16. The average Bonchev–Trinajstić information content (AvgIpc) is 1.86. The predicted molar refractivity (Wildman–Crippen MR) is 48.4 cm³/mol. The summed E-state index contributed by atoms with van der Waals surface area (Å²) < 4.78 is 0. The fourth-order valence-electron chi connectivity index (χ4n) is 1.11. The maximum atomic E-state index is 10.8. The van der Waals surface area contributed by atoms with Crippen LogP contribution in [-0.2, 0) is 4.79 Å². The van der Waals surface area contributed by atoms with E-state index in [0.717, 1.165) is 0 Å². The molecule has 0 saturated carbocycles. The summed E-state index contributed by atoms with van der Waals surface area (Å²) in [6.07, 6.45) is 4.82. The fraction of sp³-hybridized carbons (Fsp3) is 0.700. The zero-order valence-corrected chi connectivity index (χ0v) is 7.92. The Morgan fingerprint density at radius 2 is 2.00 bits per heavy atom. The van der Waals surface area contributed by atoms with Gasteiger partial charge in [0.05, 0.1) is 0 Å². The van der Waals surface area contributed by atoms with Crippen LogP contribution in [0.15, 0.2) is 12.2 Å². The summed E-state index contributed by atoms with van der Waals surface area (Å²) in [5.74, 6) is 1.27. The Bertz CT molecular complexity index is 145. The molecule has 0 rings (SSSR count). The van der Waals surface area contributed by atoms with Crippen LogP contribution in [0, 0.1) is 11.8 Å². The van der Waals surface area contributed by atoms with E-state index in [2.05, 4.69) is 19.9 Å². The van der Waals surface area contributed by atoms with E-state index in [4.69, 9.17) is 0 Å². The predicted octanol–water partition coefficient (Wildman–Crippen LogP) is 2.81. The molecule has 0 aromatic rings. The molecule has 1 heteroatoms. The van der Waals surface area contributed by atoms with Gasteiger partial charge in [-0.3, -0.25) is 0 Å². The van der Waals surface area contributed by atoms with Crippen LogP contribution in [0.5, 0.6) is 0 Å². The van der Waals surface area contributed by atoms with E-state index in [0.29, 0.717) is 18.3 Å². The first-order chi connectivity index (χ1) is 5.07. The Hall–Kier alpha value is -0.590. The summed E-state index contributed by atoms with van der Waals surface area (Å²) in [7, 11) is 0. The monoisotopic (exact) mass is 154 g/mol. The van der Waals surface area contributed by atoms with Crippen LogP contribution in [0.25, 0.3) is 0 Å². The number of hydrogen-bond acceptors (Lipinski definition) is 1. The van der Waals surface area contributed by atoms with Gasteiger partial charge in [0.2, 0.25) is 0 Å². The molecule has 64 valence electrons. The molecule has 0 bridgehead atoms. The molecule has 1 nitrogen and oxygen atoms in total. The van der Waals surface area contributed by atoms with Gasteiger partial charge in [-0.25, -0.2) is 0 Å². The van der Waals surface area contributed by atoms with E-state index >= 15 is 0 Å². The lowest BCUT2D eigenvalue weighted by atomic mass is 9.91. The van der Waals surface area contributed by atoms with Crippen molar-refractivity contribution < 1.29 is 4.79 Å². The average molecular weight is 154 g/mol. The summed E-state index contributed by atoms with van der Waals surface area (Å²) in [6, 6.07) is 0. The van der Waals surface area contributed by atoms with Gasteiger partial charge in [0.1, 0.15) is 5.78 Å². The van der Waals surface area contributed by atoms with Crippen LogP contribution in [0.2, 0.25) is 0 Å². The van der Waals surface area contributed by atoms with Crippen molar-refractivity contribution in [3.63, 3.8) is 0 Å². The highest BCUT2D eigenvalue weighted by atomic mass is 16.1. The third-order valence-electron chi connectivity index (χ3n) is 1.82. The van der Waals surface area contributed by atoms with Gasteiger partial charge in [-0.05, 0) is 25.7 Å². The Morgan fingerprint density at radius 1 is 1.45 bits per heavy atom. The largest absolute Gasteiger partial charge is 0.300 e. The molecule has 0 aromatic carbocycles. The van der Waals surface area contributed by atoms with Gasteiger partial charge in [0, 0.05) is 6.42 Å². The summed E-state index contributed by atoms with van der Waals surface area (Å²) in [5, 5.41) is 0. The molecule has 0 aliphatic rings. The summed E-state index contributed by atoms with van der Waals surface area (Å²) in [6.45, 7) is 7.94. The van der Waals surface area contributed by atoms with E-state index in [-0.39, 0.29) is 5.78 Å². The minimum absolute atomic E-state index is 0.279. The number of carbonyl (C=O) groups excluding carboxylic acids is 1. The molecule has 11 heavy (non-hydrogen) atoms. The van der Waals surface area contributed by atoms with Crippen LogP contribution in [0.1, 0.15) is 34.1 Å². The number of carbonyl (C=O) groups is 1. The molecular formula is C10H18O. The summed E-state index contributed by atoms with van der Waals surface area (Å²) in [4.78, 5) is 10.8. The Morgan fingerprint density at radius 3 is 2.27 bits per heavy atom. The van der Waals surface area contributed by atoms with Gasteiger partial charge in [-0.2, -0.15) is 0 Å². The van der Waals surface area contributed by atoms with E-state index < -0.39 is 0 Å². The highest BCUT2D eigenvalue weighted by Gasteiger charge is 2.10. The number of Topliss-reactive ketones (excluding diaryl/α,β-unsaturated/α-hetero) is 1. The van der Waals surface area contributed by atoms with Crippen LogP contribution >= 0.6 is 0 Å². The standard InChI is InChI=1S/C10H18O/c1-5-6-10(8(2)3)7-9(4)11/h5-6,8,10H,7H2,1-4H3/b6-5+. The third kappa shape index (κ3) is 4.77. The van der Waals surface area contributed by atoms with Gasteiger partial charge in [0.15, 0.2) is 0 Å². The minimum Gasteiger partial charge on any atom is -0.300 e. The van der Waals surface area contributed by atoms with Crippen molar-refractivity contribution in [2.45, 2.75) is 34.1 Å². The first-order valence-corrected chi connectivity index (χ1v) is 4.20. The van der Waals surface area contributed by atoms with Crippen LogP contribution in [-0.4, -0.2) is 5.78 Å². The fourth-order valence-corrected chi connectivity index (χ4v) is 1.11. The lowest BCUT2D eigenvalue weighted by Crippen LogP contribution is -2.09. The summed E-state index contributed by atoms with van der Waals surface area (Å²) >= 11 is 0. The lowest BCUT2D eigenvalue weighted by molar-refractivity contribution is -0.117. The van der Waals surface area contributed by atoms with Gasteiger partial charge < -0.3 is 4.79 Å². The van der Waals surface area contributed by atoms with E-state index in [1.807, 2.05) is 13.0 Å². The van der Waals surface area contributed by atoms with Crippen LogP contribution in [0.3, 0.4) is 0 Å². The van der Waals surface area contributed by atoms with Crippen molar-refractivity contribution >= 4 is 5.78 Å².